The van der Waals surface area contributed by atoms with Crippen LogP contribution >= 0.6 is 0 Å². The van der Waals surface area contributed by atoms with E-state index in [2.05, 4.69) is 30.4 Å². The number of hydrogen-bond acceptors (Lipinski definition) is 8. The third-order valence-electron chi connectivity index (χ3n) is 8.24. The molecule has 0 spiro atoms. The Morgan fingerprint density at radius 2 is 1.90 bits per heavy atom. The third kappa shape index (κ3) is 6.93. The lowest BCUT2D eigenvalue weighted by Crippen LogP contribution is -2.41. The van der Waals surface area contributed by atoms with Gasteiger partial charge in [-0.1, -0.05) is 24.3 Å². The molecule has 1 fully saturated rings. The van der Waals surface area contributed by atoms with E-state index in [1.54, 1.807) is 42.2 Å². The summed E-state index contributed by atoms with van der Waals surface area (Å²) in [4.78, 5) is 18.3. The van der Waals surface area contributed by atoms with Crippen LogP contribution in [0, 0.1) is 18.6 Å². The van der Waals surface area contributed by atoms with E-state index < -0.39 is 39.5 Å². The second-order valence-corrected chi connectivity index (χ2v) is 14.7. The van der Waals surface area contributed by atoms with Crippen molar-refractivity contribution in [2.24, 2.45) is 11.4 Å². The van der Waals surface area contributed by atoms with Crippen molar-refractivity contribution in [1.29, 1.82) is 0 Å². The molecule has 6 rings (SSSR count). The molecule has 0 radical (unpaired) electrons. The van der Waals surface area contributed by atoms with Gasteiger partial charge in [0.25, 0.3) is 0 Å². The summed E-state index contributed by atoms with van der Waals surface area (Å²) in [7, 11) is 0.874. The molecule has 0 aliphatic carbocycles. The fraction of sp³-hybridized carbons (Fsp3) is 0.333. The molecule has 3 aromatic heterocycles. The number of aromatic nitrogens is 5. The molecule has 1 saturated heterocycles. The number of carbonyl (C=O) groups is 1. The van der Waals surface area contributed by atoms with E-state index in [-0.39, 0.29) is 6.04 Å². The number of urea groups is 1. The Morgan fingerprint density at radius 1 is 1.12 bits per heavy atom. The van der Waals surface area contributed by atoms with Crippen molar-refractivity contribution in [2.75, 3.05) is 31.5 Å². The van der Waals surface area contributed by atoms with E-state index in [1.165, 1.54) is 6.07 Å². The number of halogens is 2. The Bertz CT molecular complexity index is 2100. The van der Waals surface area contributed by atoms with Crippen LogP contribution in [0.1, 0.15) is 30.0 Å². The number of aryl methyl sites for hydroxylation is 1. The lowest BCUT2D eigenvalue weighted by molar-refractivity contribution is 0.184. The molecular weight excluding hydrogens is 640 g/mol. The Hall–Kier alpha value is -4.73. The SMILES string of the molecule is COCC[C@@H]1C[C@@H](NC(=O)Nc2c(C)c(-c3cnc4c(c3)c(N=S(C)(C)=O)nn4C)nn2-c2ccccc2)[C@H](c2ccc(F)c(F)c2)N1. The van der Waals surface area contributed by atoms with Crippen molar-refractivity contribution in [3.8, 4) is 16.9 Å². The molecule has 12 nitrogen and oxygen atoms in total. The van der Waals surface area contributed by atoms with E-state index in [4.69, 9.17) is 9.84 Å². The molecule has 0 saturated carbocycles. The van der Waals surface area contributed by atoms with Gasteiger partial charge in [-0.2, -0.15) is 9.46 Å². The third-order valence-corrected chi connectivity index (χ3v) is 8.85. The molecule has 2 amide bonds. The number of anilines is 1. The molecule has 48 heavy (non-hydrogen) atoms. The van der Waals surface area contributed by atoms with Gasteiger partial charge in [0.1, 0.15) is 5.82 Å². The number of carbonyl (C=O) groups excluding carboxylic acids is 1. The van der Waals surface area contributed by atoms with Gasteiger partial charge in [0.2, 0.25) is 0 Å². The number of para-hydroxylation sites is 1. The number of amides is 2. The number of pyridine rings is 1. The number of methoxy groups -OCH3 is 1. The summed E-state index contributed by atoms with van der Waals surface area (Å²) in [5.41, 5.74) is 3.70. The number of hydrogen-bond donors (Lipinski definition) is 3. The van der Waals surface area contributed by atoms with Crippen molar-refractivity contribution in [3.05, 3.63) is 83.6 Å². The lowest BCUT2D eigenvalue weighted by atomic mass is 9.99. The van der Waals surface area contributed by atoms with Gasteiger partial charge in [-0.05, 0) is 55.7 Å². The highest BCUT2D eigenvalue weighted by Gasteiger charge is 2.36. The van der Waals surface area contributed by atoms with Crippen molar-refractivity contribution < 1.29 is 22.5 Å². The summed E-state index contributed by atoms with van der Waals surface area (Å²) < 4.78 is 53.3. The summed E-state index contributed by atoms with van der Waals surface area (Å²) in [5.74, 6) is -1.14. The minimum absolute atomic E-state index is 0.0168. The number of fused-ring (bicyclic) bond motifs is 1. The molecule has 15 heteroatoms. The van der Waals surface area contributed by atoms with E-state index in [0.29, 0.717) is 70.2 Å². The van der Waals surface area contributed by atoms with Gasteiger partial charge in [0.05, 0.1) is 28.9 Å². The number of benzene rings is 2. The first-order chi connectivity index (χ1) is 22.9. The average molecular weight is 678 g/mol. The smallest absolute Gasteiger partial charge is 0.320 e. The van der Waals surface area contributed by atoms with Crippen LogP contribution in [0.4, 0.5) is 25.2 Å². The normalized spacial score (nSPS) is 17.9. The Morgan fingerprint density at radius 3 is 2.60 bits per heavy atom. The van der Waals surface area contributed by atoms with Crippen molar-refractivity contribution in [1.82, 2.24) is 35.2 Å². The molecule has 0 bridgehead atoms. The van der Waals surface area contributed by atoms with E-state index in [0.717, 1.165) is 12.1 Å². The molecular formula is C33H37F2N9O3S. The predicted molar refractivity (Wildman–Crippen MR) is 181 cm³/mol. The zero-order valence-corrected chi connectivity index (χ0v) is 28.0. The Labute approximate surface area is 277 Å². The van der Waals surface area contributed by atoms with Crippen LogP contribution in [0.3, 0.4) is 0 Å². The van der Waals surface area contributed by atoms with Crippen LogP contribution in [0.15, 0.2) is 65.2 Å². The fourth-order valence-electron chi connectivity index (χ4n) is 6.03. The maximum atomic E-state index is 14.2. The first kappa shape index (κ1) is 33.2. The van der Waals surface area contributed by atoms with E-state index >= 15 is 0 Å². The highest BCUT2D eigenvalue weighted by atomic mass is 32.2. The summed E-state index contributed by atoms with van der Waals surface area (Å²) >= 11 is 0. The zero-order valence-electron chi connectivity index (χ0n) is 27.2. The highest BCUT2D eigenvalue weighted by molar-refractivity contribution is 7.92. The van der Waals surface area contributed by atoms with Gasteiger partial charge in [0, 0.05) is 66.4 Å². The summed E-state index contributed by atoms with van der Waals surface area (Å²) in [6, 6.07) is 13.6. The van der Waals surface area contributed by atoms with Crippen LogP contribution < -0.4 is 16.0 Å². The van der Waals surface area contributed by atoms with Gasteiger partial charge < -0.3 is 15.4 Å². The van der Waals surface area contributed by atoms with Gasteiger partial charge in [0.15, 0.2) is 23.1 Å². The maximum absolute atomic E-state index is 14.2. The predicted octanol–water partition coefficient (Wildman–Crippen LogP) is 5.40. The molecule has 5 aromatic rings. The highest BCUT2D eigenvalue weighted by Crippen LogP contribution is 2.34. The second kappa shape index (κ2) is 13.4. The average Bonchev–Trinajstić information content (AvgIpc) is 3.70. The van der Waals surface area contributed by atoms with Gasteiger partial charge in [-0.3, -0.25) is 5.32 Å². The Kier molecular flexibility index (Phi) is 9.27. The molecule has 3 N–H and O–H groups in total. The zero-order chi connectivity index (χ0) is 34.2. The minimum atomic E-state index is -2.49. The first-order valence-electron chi connectivity index (χ1n) is 15.3. The quantitative estimate of drug-likeness (QED) is 0.190. The molecule has 1 aliphatic rings. The lowest BCUT2D eigenvalue weighted by Gasteiger charge is -2.22. The van der Waals surface area contributed by atoms with Crippen LogP contribution in [-0.4, -0.2) is 73.1 Å². The van der Waals surface area contributed by atoms with Crippen LogP contribution in [0.5, 0.6) is 0 Å². The summed E-state index contributed by atoms with van der Waals surface area (Å²) in [6.07, 6.45) is 5.99. The van der Waals surface area contributed by atoms with Gasteiger partial charge in [-0.15, -0.1) is 5.10 Å². The van der Waals surface area contributed by atoms with Crippen LogP contribution in [-0.2, 0) is 21.5 Å². The maximum Gasteiger partial charge on any atom is 0.320 e. The van der Waals surface area contributed by atoms with E-state index in [1.807, 2.05) is 43.3 Å². The molecule has 2 aromatic carbocycles. The van der Waals surface area contributed by atoms with Crippen molar-refractivity contribution >= 4 is 38.4 Å². The second-order valence-electron chi connectivity index (χ2n) is 12.1. The Balaban J connectivity index is 1.34. The van der Waals surface area contributed by atoms with Crippen LogP contribution in [0.25, 0.3) is 28.0 Å². The van der Waals surface area contributed by atoms with Crippen LogP contribution in [0.2, 0.25) is 0 Å². The standard InChI is InChI=1S/C33H37F2N9O3S/c1-19-28(21-15-24-30(42-48(4,5)46)41-43(2)32(24)36-18-21)40-44(23-9-7-6-8-10-23)31(19)39-33(45)38-27-17-22(13-14-47-3)37-29(27)20-11-12-25(34)26(35)16-20/h6-12,15-16,18,22,27,29,37H,13-14,17H2,1-5H3,(H2,38,39,45)/t22-,27-,29+/m1/s1. The number of nitrogens with zero attached hydrogens (tertiary/aromatic N) is 6. The number of rotatable bonds is 9. The van der Waals surface area contributed by atoms with E-state index in [9.17, 15) is 17.8 Å². The molecule has 0 unspecified atom stereocenters. The van der Waals surface area contributed by atoms with Crippen molar-refractivity contribution in [3.63, 3.8) is 0 Å². The minimum Gasteiger partial charge on any atom is -0.385 e. The van der Waals surface area contributed by atoms with Crippen molar-refractivity contribution in [2.45, 2.75) is 37.9 Å². The number of nitrogens with one attached hydrogen (secondary N) is 3. The molecule has 252 valence electrons. The summed E-state index contributed by atoms with van der Waals surface area (Å²) in [6.45, 7) is 2.35. The van der Waals surface area contributed by atoms with Gasteiger partial charge >= 0.3 is 6.03 Å². The molecule has 1 aliphatic heterocycles. The number of ether oxygens (including phenoxy) is 1. The van der Waals surface area contributed by atoms with Gasteiger partial charge in [-0.25, -0.2) is 32.1 Å². The molecule has 3 atom stereocenters. The largest absolute Gasteiger partial charge is 0.385 e. The first-order valence-corrected chi connectivity index (χ1v) is 17.7. The monoisotopic (exact) mass is 677 g/mol. The fourth-order valence-corrected chi connectivity index (χ4v) is 6.58. The summed E-state index contributed by atoms with van der Waals surface area (Å²) in [5, 5.41) is 19.4. The molecule has 4 heterocycles. The topological polar surface area (TPSA) is 140 Å².